The van der Waals surface area contributed by atoms with Crippen LogP contribution in [-0.2, 0) is 0 Å². The maximum atomic E-state index is 9.46. The van der Waals surface area contributed by atoms with Gasteiger partial charge in [-0.2, -0.15) is 0 Å². The van der Waals surface area contributed by atoms with Gasteiger partial charge in [-0.05, 0) is 0 Å². The highest BCUT2D eigenvalue weighted by Crippen LogP contribution is 2.23. The SMILES string of the molecule is OC1CNCC1Sc1ncc[nH]1. The Morgan fingerprint density at radius 3 is 3.08 bits per heavy atom. The largest absolute Gasteiger partial charge is 0.391 e. The Labute approximate surface area is 74.8 Å². The van der Waals surface area contributed by atoms with Gasteiger partial charge in [-0.3, -0.25) is 0 Å². The summed E-state index contributed by atoms with van der Waals surface area (Å²) in [5.41, 5.74) is 0. The maximum Gasteiger partial charge on any atom is 0.165 e. The summed E-state index contributed by atoms with van der Waals surface area (Å²) in [5.74, 6) is 0. The number of rotatable bonds is 2. The Morgan fingerprint density at radius 1 is 1.58 bits per heavy atom. The first kappa shape index (κ1) is 8.10. The molecule has 2 atom stereocenters. The number of aromatic amines is 1. The van der Waals surface area contributed by atoms with E-state index in [1.165, 1.54) is 0 Å². The lowest BCUT2D eigenvalue weighted by molar-refractivity contribution is 0.201. The smallest absolute Gasteiger partial charge is 0.165 e. The number of H-pyrrole nitrogens is 1. The molecule has 4 nitrogen and oxygen atoms in total. The van der Waals surface area contributed by atoms with Gasteiger partial charge in [0.25, 0.3) is 0 Å². The van der Waals surface area contributed by atoms with Crippen LogP contribution in [0.2, 0.25) is 0 Å². The third-order valence-corrected chi connectivity index (χ3v) is 3.09. The molecule has 0 aromatic carbocycles. The minimum Gasteiger partial charge on any atom is -0.391 e. The van der Waals surface area contributed by atoms with Crippen LogP contribution < -0.4 is 5.32 Å². The van der Waals surface area contributed by atoms with E-state index in [4.69, 9.17) is 0 Å². The van der Waals surface area contributed by atoms with Crippen LogP contribution in [0.15, 0.2) is 17.6 Å². The molecule has 2 rings (SSSR count). The molecule has 1 aromatic rings. The van der Waals surface area contributed by atoms with E-state index in [9.17, 15) is 5.11 Å². The quantitative estimate of drug-likeness (QED) is 0.599. The standard InChI is InChI=1S/C7H11N3OS/c11-5-3-8-4-6(5)12-7-9-1-2-10-7/h1-2,5-6,8,11H,3-4H2,(H,9,10). The van der Waals surface area contributed by atoms with Crippen LogP contribution in [0.1, 0.15) is 0 Å². The van der Waals surface area contributed by atoms with Crippen LogP contribution in [0, 0.1) is 0 Å². The number of β-amino-alcohol motifs (C(OH)–C–C–N with tert-alkyl or cyclic N) is 1. The van der Waals surface area contributed by atoms with Gasteiger partial charge in [0.15, 0.2) is 5.16 Å². The lowest BCUT2D eigenvalue weighted by atomic mass is 10.3. The van der Waals surface area contributed by atoms with Crippen molar-refractivity contribution in [1.29, 1.82) is 0 Å². The van der Waals surface area contributed by atoms with Crippen molar-refractivity contribution in [3.63, 3.8) is 0 Å². The van der Waals surface area contributed by atoms with E-state index in [1.807, 2.05) is 0 Å². The van der Waals surface area contributed by atoms with Gasteiger partial charge in [-0.1, -0.05) is 11.8 Å². The van der Waals surface area contributed by atoms with E-state index in [-0.39, 0.29) is 11.4 Å². The monoisotopic (exact) mass is 185 g/mol. The zero-order valence-corrected chi connectivity index (χ0v) is 7.34. The number of hydrogen-bond donors (Lipinski definition) is 3. The lowest BCUT2D eigenvalue weighted by Gasteiger charge is -2.09. The zero-order valence-electron chi connectivity index (χ0n) is 6.53. The predicted octanol–water partition coefficient (Wildman–Crippen LogP) is -0.166. The second-order valence-corrected chi connectivity index (χ2v) is 4.00. The van der Waals surface area contributed by atoms with Crippen molar-refractivity contribution in [1.82, 2.24) is 15.3 Å². The number of aromatic nitrogens is 2. The van der Waals surface area contributed by atoms with Crippen molar-refractivity contribution in [3.05, 3.63) is 12.4 Å². The van der Waals surface area contributed by atoms with E-state index >= 15 is 0 Å². The number of nitrogens with zero attached hydrogens (tertiary/aromatic N) is 1. The lowest BCUT2D eigenvalue weighted by Crippen LogP contribution is -2.20. The van der Waals surface area contributed by atoms with Crippen molar-refractivity contribution in [2.45, 2.75) is 16.5 Å². The fourth-order valence-corrected chi connectivity index (χ4v) is 2.22. The third-order valence-electron chi connectivity index (χ3n) is 1.86. The van der Waals surface area contributed by atoms with Crippen LogP contribution >= 0.6 is 11.8 Å². The molecule has 0 saturated carbocycles. The molecule has 66 valence electrons. The van der Waals surface area contributed by atoms with Crippen LogP contribution in [-0.4, -0.2) is 39.5 Å². The van der Waals surface area contributed by atoms with E-state index in [0.717, 1.165) is 11.7 Å². The van der Waals surface area contributed by atoms with Crippen LogP contribution in [0.3, 0.4) is 0 Å². The van der Waals surface area contributed by atoms with Gasteiger partial charge in [0.1, 0.15) is 0 Å². The van der Waals surface area contributed by atoms with Crippen LogP contribution in [0.25, 0.3) is 0 Å². The molecular formula is C7H11N3OS. The molecule has 0 bridgehead atoms. The molecular weight excluding hydrogens is 174 g/mol. The molecule has 0 radical (unpaired) electrons. The highest BCUT2D eigenvalue weighted by molar-refractivity contribution is 7.99. The molecule has 1 aliphatic rings. The first-order chi connectivity index (χ1) is 5.86. The van der Waals surface area contributed by atoms with Crippen molar-refractivity contribution in [2.75, 3.05) is 13.1 Å². The molecule has 1 saturated heterocycles. The highest BCUT2D eigenvalue weighted by Gasteiger charge is 2.26. The zero-order chi connectivity index (χ0) is 8.39. The van der Waals surface area contributed by atoms with Gasteiger partial charge in [-0.25, -0.2) is 4.98 Å². The topological polar surface area (TPSA) is 60.9 Å². The summed E-state index contributed by atoms with van der Waals surface area (Å²) in [6.07, 6.45) is 3.26. The molecule has 12 heavy (non-hydrogen) atoms. The summed E-state index contributed by atoms with van der Waals surface area (Å²) in [5, 5.41) is 13.7. The minimum absolute atomic E-state index is 0.233. The average molecular weight is 185 g/mol. The van der Waals surface area contributed by atoms with Crippen molar-refractivity contribution in [2.24, 2.45) is 0 Å². The first-order valence-electron chi connectivity index (χ1n) is 3.91. The van der Waals surface area contributed by atoms with E-state index in [1.54, 1.807) is 24.2 Å². The molecule has 0 aliphatic carbocycles. The molecule has 1 aromatic heterocycles. The molecule has 0 amide bonds. The fourth-order valence-electron chi connectivity index (χ4n) is 1.22. The number of aliphatic hydroxyl groups excluding tert-OH is 1. The molecule has 1 aliphatic heterocycles. The summed E-state index contributed by atoms with van der Waals surface area (Å²) in [7, 11) is 0. The third kappa shape index (κ3) is 1.63. The summed E-state index contributed by atoms with van der Waals surface area (Å²) < 4.78 is 0. The second kappa shape index (κ2) is 3.47. The Balaban J connectivity index is 1.95. The predicted molar refractivity (Wildman–Crippen MR) is 47.1 cm³/mol. The van der Waals surface area contributed by atoms with Gasteiger partial charge < -0.3 is 15.4 Å². The number of hydrogen-bond acceptors (Lipinski definition) is 4. The van der Waals surface area contributed by atoms with Crippen molar-refractivity contribution >= 4 is 11.8 Å². The normalized spacial score (nSPS) is 29.4. The molecule has 2 heterocycles. The average Bonchev–Trinajstić information content (AvgIpc) is 2.65. The highest BCUT2D eigenvalue weighted by atomic mass is 32.2. The van der Waals surface area contributed by atoms with Crippen molar-refractivity contribution in [3.8, 4) is 0 Å². The summed E-state index contributed by atoms with van der Waals surface area (Å²) in [4.78, 5) is 7.08. The van der Waals surface area contributed by atoms with E-state index < -0.39 is 0 Å². The number of thioether (sulfide) groups is 1. The molecule has 5 heteroatoms. The van der Waals surface area contributed by atoms with Gasteiger partial charge in [0.2, 0.25) is 0 Å². The Hall–Kier alpha value is -0.520. The van der Waals surface area contributed by atoms with Crippen LogP contribution in [0.4, 0.5) is 0 Å². The van der Waals surface area contributed by atoms with Gasteiger partial charge in [0.05, 0.1) is 11.4 Å². The van der Waals surface area contributed by atoms with Gasteiger partial charge in [-0.15, -0.1) is 0 Å². The molecule has 2 unspecified atom stereocenters. The summed E-state index contributed by atoms with van der Waals surface area (Å²) in [6, 6.07) is 0. The molecule has 1 fully saturated rings. The number of nitrogens with one attached hydrogen (secondary N) is 2. The molecule has 0 spiro atoms. The summed E-state index contributed by atoms with van der Waals surface area (Å²) >= 11 is 1.59. The van der Waals surface area contributed by atoms with E-state index in [0.29, 0.717) is 6.54 Å². The van der Waals surface area contributed by atoms with E-state index in [2.05, 4.69) is 15.3 Å². The maximum absolute atomic E-state index is 9.46. The Kier molecular flexibility index (Phi) is 2.34. The first-order valence-corrected chi connectivity index (χ1v) is 4.79. The summed E-state index contributed by atoms with van der Waals surface area (Å²) in [6.45, 7) is 1.55. The van der Waals surface area contributed by atoms with Crippen LogP contribution in [0.5, 0.6) is 0 Å². The Bertz CT molecular complexity index is 239. The fraction of sp³-hybridized carbons (Fsp3) is 0.571. The van der Waals surface area contributed by atoms with Gasteiger partial charge >= 0.3 is 0 Å². The number of aliphatic hydroxyl groups is 1. The molecule has 3 N–H and O–H groups in total. The van der Waals surface area contributed by atoms with Crippen molar-refractivity contribution < 1.29 is 5.11 Å². The number of imidazole rings is 1. The Morgan fingerprint density at radius 2 is 2.50 bits per heavy atom. The second-order valence-electron chi connectivity index (χ2n) is 2.78. The van der Waals surface area contributed by atoms with Gasteiger partial charge in [0, 0.05) is 25.5 Å². The minimum atomic E-state index is -0.250.